The molecule has 0 heterocycles. The Morgan fingerprint density at radius 3 is 2.52 bits per heavy atom. The van der Waals surface area contributed by atoms with Gasteiger partial charge in [0.15, 0.2) is 6.61 Å². The first-order chi connectivity index (χ1) is 11.0. The summed E-state index contributed by atoms with van der Waals surface area (Å²) in [4.78, 5) is 23.7. The normalized spacial score (nSPS) is 10.0. The van der Waals surface area contributed by atoms with Gasteiger partial charge in [-0.15, -0.1) is 0 Å². The van der Waals surface area contributed by atoms with Crippen LogP contribution in [0.5, 0.6) is 11.5 Å². The van der Waals surface area contributed by atoms with Gasteiger partial charge in [-0.3, -0.25) is 4.79 Å². The van der Waals surface area contributed by atoms with Crippen LogP contribution in [0.25, 0.3) is 0 Å². The van der Waals surface area contributed by atoms with Crippen molar-refractivity contribution in [2.24, 2.45) is 0 Å². The summed E-state index contributed by atoms with van der Waals surface area (Å²) in [6.45, 7) is -0.467. The quantitative estimate of drug-likeness (QED) is 0.780. The van der Waals surface area contributed by atoms with Gasteiger partial charge in [0, 0.05) is 10.2 Å². The SMILES string of the molecule is COc1ccc(O)c(C(=O)OCC(=O)Nc2ccc(Br)cc2)c1. The van der Waals surface area contributed by atoms with Crippen LogP contribution in [0.2, 0.25) is 0 Å². The van der Waals surface area contributed by atoms with Crippen molar-refractivity contribution < 1.29 is 24.2 Å². The molecule has 0 saturated heterocycles. The highest BCUT2D eigenvalue weighted by molar-refractivity contribution is 9.10. The summed E-state index contributed by atoms with van der Waals surface area (Å²) in [5.41, 5.74) is 0.513. The molecule has 120 valence electrons. The van der Waals surface area contributed by atoms with E-state index in [1.54, 1.807) is 24.3 Å². The summed E-state index contributed by atoms with van der Waals surface area (Å²) in [6.07, 6.45) is 0. The second-order valence-corrected chi connectivity index (χ2v) is 5.43. The Morgan fingerprint density at radius 2 is 1.87 bits per heavy atom. The second-order valence-electron chi connectivity index (χ2n) is 4.51. The van der Waals surface area contributed by atoms with Crippen molar-refractivity contribution >= 4 is 33.5 Å². The molecule has 0 aliphatic rings. The average Bonchev–Trinajstić information content (AvgIpc) is 2.55. The second kappa shape index (κ2) is 7.64. The third kappa shape index (κ3) is 4.72. The molecule has 0 aliphatic heterocycles. The van der Waals surface area contributed by atoms with Gasteiger partial charge in [0.25, 0.3) is 5.91 Å². The van der Waals surface area contributed by atoms with Gasteiger partial charge in [0.05, 0.1) is 7.11 Å². The number of nitrogens with one attached hydrogen (secondary N) is 1. The summed E-state index contributed by atoms with van der Waals surface area (Å²) >= 11 is 3.29. The van der Waals surface area contributed by atoms with E-state index in [0.717, 1.165) is 4.47 Å². The number of hydrogen-bond acceptors (Lipinski definition) is 5. The van der Waals surface area contributed by atoms with Crippen LogP contribution in [0, 0.1) is 0 Å². The summed E-state index contributed by atoms with van der Waals surface area (Å²) < 4.78 is 10.7. The highest BCUT2D eigenvalue weighted by Crippen LogP contribution is 2.23. The molecule has 2 aromatic carbocycles. The minimum absolute atomic E-state index is 0.0687. The fourth-order valence-corrected chi connectivity index (χ4v) is 2.01. The van der Waals surface area contributed by atoms with Crippen molar-refractivity contribution in [2.45, 2.75) is 0 Å². The lowest BCUT2D eigenvalue weighted by molar-refractivity contribution is -0.119. The van der Waals surface area contributed by atoms with Crippen molar-refractivity contribution in [3.05, 3.63) is 52.5 Å². The third-order valence-electron chi connectivity index (χ3n) is 2.89. The number of aromatic hydroxyl groups is 1. The van der Waals surface area contributed by atoms with Gasteiger partial charge in [-0.25, -0.2) is 4.79 Å². The largest absolute Gasteiger partial charge is 0.507 e. The molecule has 2 N–H and O–H groups in total. The van der Waals surface area contributed by atoms with Crippen molar-refractivity contribution in [2.75, 3.05) is 19.0 Å². The van der Waals surface area contributed by atoms with Gasteiger partial charge in [-0.2, -0.15) is 0 Å². The first-order valence-corrected chi connectivity index (χ1v) is 7.38. The number of phenols is 1. The Balaban J connectivity index is 1.93. The summed E-state index contributed by atoms with van der Waals surface area (Å²) in [6, 6.07) is 11.1. The van der Waals surface area contributed by atoms with Crippen molar-refractivity contribution in [3.8, 4) is 11.5 Å². The van der Waals surface area contributed by atoms with E-state index in [2.05, 4.69) is 21.2 Å². The van der Waals surface area contributed by atoms with Crippen molar-refractivity contribution in [3.63, 3.8) is 0 Å². The number of halogens is 1. The molecular weight excluding hydrogens is 366 g/mol. The van der Waals surface area contributed by atoms with Gasteiger partial charge >= 0.3 is 5.97 Å². The lowest BCUT2D eigenvalue weighted by Crippen LogP contribution is -2.21. The molecular formula is C16H14BrNO5. The lowest BCUT2D eigenvalue weighted by atomic mass is 10.2. The fourth-order valence-electron chi connectivity index (χ4n) is 1.74. The summed E-state index contributed by atoms with van der Waals surface area (Å²) in [5.74, 6) is -1.14. The number of methoxy groups -OCH3 is 1. The van der Waals surface area contributed by atoms with Gasteiger partial charge in [0.1, 0.15) is 17.1 Å². The van der Waals surface area contributed by atoms with Crippen molar-refractivity contribution in [1.29, 1.82) is 0 Å². The highest BCUT2D eigenvalue weighted by Gasteiger charge is 2.15. The number of carbonyl (C=O) groups is 2. The first kappa shape index (κ1) is 16.8. The Morgan fingerprint density at radius 1 is 1.17 bits per heavy atom. The molecule has 0 aromatic heterocycles. The predicted molar refractivity (Wildman–Crippen MR) is 87.7 cm³/mol. The number of benzene rings is 2. The standard InChI is InChI=1S/C16H14BrNO5/c1-22-12-6-7-14(19)13(8-12)16(21)23-9-15(20)18-11-4-2-10(17)3-5-11/h2-8,19H,9H2,1H3,(H,18,20). The minimum atomic E-state index is -0.813. The van der Waals surface area contributed by atoms with Crippen molar-refractivity contribution in [1.82, 2.24) is 0 Å². The molecule has 23 heavy (non-hydrogen) atoms. The van der Waals surface area contributed by atoms with Gasteiger partial charge in [-0.05, 0) is 42.5 Å². The number of rotatable bonds is 5. The zero-order chi connectivity index (χ0) is 16.8. The molecule has 0 atom stereocenters. The number of hydrogen-bond donors (Lipinski definition) is 2. The van der Waals surface area contributed by atoms with E-state index in [1.165, 1.54) is 25.3 Å². The van der Waals surface area contributed by atoms with Crippen LogP contribution in [-0.2, 0) is 9.53 Å². The predicted octanol–water partition coefficient (Wildman–Crippen LogP) is 2.96. The Hall–Kier alpha value is -2.54. The molecule has 6 nitrogen and oxygen atoms in total. The number of carbonyl (C=O) groups excluding carboxylic acids is 2. The van der Waals surface area contributed by atoms with E-state index in [9.17, 15) is 14.7 Å². The molecule has 0 radical (unpaired) electrons. The van der Waals surface area contributed by atoms with Crippen LogP contribution in [0.3, 0.4) is 0 Å². The third-order valence-corrected chi connectivity index (χ3v) is 3.41. The number of phenolic OH excluding ortho intramolecular Hbond substituents is 1. The smallest absolute Gasteiger partial charge is 0.342 e. The van der Waals surface area contributed by atoms with E-state index in [1.807, 2.05) is 0 Å². The van der Waals surface area contributed by atoms with Crippen LogP contribution in [-0.4, -0.2) is 30.7 Å². The molecule has 0 bridgehead atoms. The van der Waals surface area contributed by atoms with Crippen LogP contribution >= 0.6 is 15.9 Å². The molecule has 2 rings (SSSR count). The zero-order valence-corrected chi connectivity index (χ0v) is 13.8. The maximum Gasteiger partial charge on any atom is 0.342 e. The minimum Gasteiger partial charge on any atom is -0.507 e. The van der Waals surface area contributed by atoms with E-state index < -0.39 is 18.5 Å². The highest BCUT2D eigenvalue weighted by atomic mass is 79.9. The molecule has 0 saturated carbocycles. The summed E-state index contributed by atoms with van der Waals surface area (Å²) in [5, 5.41) is 12.3. The van der Waals surface area contributed by atoms with E-state index in [-0.39, 0.29) is 11.3 Å². The van der Waals surface area contributed by atoms with Crippen LogP contribution in [0.1, 0.15) is 10.4 Å². The van der Waals surface area contributed by atoms with E-state index in [4.69, 9.17) is 9.47 Å². The molecule has 1 amide bonds. The van der Waals surface area contributed by atoms with E-state index >= 15 is 0 Å². The fraction of sp³-hybridized carbons (Fsp3) is 0.125. The first-order valence-electron chi connectivity index (χ1n) is 6.59. The zero-order valence-electron chi connectivity index (χ0n) is 12.2. The molecule has 0 fully saturated rings. The average molecular weight is 380 g/mol. The maximum atomic E-state index is 11.9. The Labute approximate surface area is 141 Å². The lowest BCUT2D eigenvalue weighted by Gasteiger charge is -2.08. The molecule has 0 aliphatic carbocycles. The number of anilines is 1. The number of amides is 1. The maximum absolute atomic E-state index is 11.9. The molecule has 2 aromatic rings. The van der Waals surface area contributed by atoms with Crippen LogP contribution < -0.4 is 10.1 Å². The molecule has 0 unspecified atom stereocenters. The summed E-state index contributed by atoms with van der Waals surface area (Å²) in [7, 11) is 1.44. The van der Waals surface area contributed by atoms with Crippen LogP contribution in [0.4, 0.5) is 5.69 Å². The monoisotopic (exact) mass is 379 g/mol. The molecule has 7 heteroatoms. The Bertz CT molecular complexity index is 715. The topological polar surface area (TPSA) is 84.9 Å². The van der Waals surface area contributed by atoms with E-state index in [0.29, 0.717) is 11.4 Å². The van der Waals surface area contributed by atoms with Gasteiger partial charge in [-0.1, -0.05) is 15.9 Å². The number of ether oxygens (including phenoxy) is 2. The Kier molecular flexibility index (Phi) is 5.59. The van der Waals surface area contributed by atoms with Gasteiger partial charge in [0.2, 0.25) is 0 Å². The molecule has 0 spiro atoms. The van der Waals surface area contributed by atoms with Gasteiger partial charge < -0.3 is 19.9 Å². The van der Waals surface area contributed by atoms with Crippen LogP contribution in [0.15, 0.2) is 46.9 Å². The number of esters is 1.